The second-order valence-corrected chi connectivity index (χ2v) is 19.0. The molecule has 0 unspecified atom stereocenters. The number of nitrogens with one attached hydrogen (secondary N) is 3. The second-order valence-electron chi connectivity index (χ2n) is 16.9. The largest absolute Gasteiger partial charge is 0.497 e. The van der Waals surface area contributed by atoms with Gasteiger partial charge >= 0.3 is 6.09 Å². The summed E-state index contributed by atoms with van der Waals surface area (Å²) in [5.41, 5.74) is -3.96. The van der Waals surface area contributed by atoms with E-state index >= 15 is 0 Å². The van der Waals surface area contributed by atoms with Gasteiger partial charge in [0.15, 0.2) is 5.60 Å². The van der Waals surface area contributed by atoms with E-state index in [-0.39, 0.29) is 48.3 Å². The molecule has 0 spiro atoms. The Kier molecular flexibility index (Phi) is 11.8. The minimum absolute atomic E-state index is 0. The minimum Gasteiger partial charge on any atom is -0.497 e. The molecule has 3 fully saturated rings. The van der Waals surface area contributed by atoms with E-state index in [9.17, 15) is 40.8 Å². The molecule has 4 aliphatic rings. The summed E-state index contributed by atoms with van der Waals surface area (Å²) < 4.78 is 86.2. The Balaban J connectivity index is 0.00000331. The number of benzene rings is 1. The highest BCUT2D eigenvalue weighted by Gasteiger charge is 2.64. The van der Waals surface area contributed by atoms with Crippen molar-refractivity contribution < 1.29 is 59.3 Å². The number of rotatable bonds is 10. The first-order valence-corrected chi connectivity index (χ1v) is 21.0. The first-order valence-electron chi connectivity index (χ1n) is 19.5. The van der Waals surface area contributed by atoms with Crippen molar-refractivity contribution in [3.63, 3.8) is 0 Å². The summed E-state index contributed by atoms with van der Waals surface area (Å²) in [4.78, 5) is 62.1. The fraction of sp³-hybridized carbons (Fsp3) is 0.625. The highest BCUT2D eigenvalue weighted by atomic mass is 32.2. The van der Waals surface area contributed by atoms with E-state index in [2.05, 4.69) is 15.6 Å². The number of carbonyl (C=O) groups excluding carboxylic acids is 4. The molecule has 1 aromatic heterocycles. The van der Waals surface area contributed by atoms with E-state index in [4.69, 9.17) is 14.2 Å². The number of fused-ring (bicyclic) bond motifs is 3. The van der Waals surface area contributed by atoms with Crippen molar-refractivity contribution >= 4 is 44.6 Å². The molecule has 0 radical (unpaired) electrons. The zero-order valence-corrected chi connectivity index (χ0v) is 34.3. The molecule has 7 atom stereocenters. The van der Waals surface area contributed by atoms with Gasteiger partial charge in [0.25, 0.3) is 11.8 Å². The van der Waals surface area contributed by atoms with Gasteiger partial charge in [0.2, 0.25) is 27.7 Å². The van der Waals surface area contributed by atoms with Gasteiger partial charge in [0, 0.05) is 35.1 Å². The lowest BCUT2D eigenvalue weighted by atomic mass is 9.88. The number of pyridine rings is 1. The topological polar surface area (TPSA) is 182 Å². The monoisotopic (exact) mass is 841 g/mol. The zero-order valence-electron chi connectivity index (χ0n) is 33.5. The quantitative estimate of drug-likeness (QED) is 0.251. The maximum Gasteiger partial charge on any atom is 0.408 e. The molecule has 324 valence electrons. The number of aromatic nitrogens is 1. The van der Waals surface area contributed by atoms with Crippen LogP contribution in [-0.2, 0) is 29.1 Å². The van der Waals surface area contributed by atoms with Crippen LogP contribution in [0.15, 0.2) is 42.6 Å². The average molecular weight is 842 g/mol. The van der Waals surface area contributed by atoms with E-state index in [0.29, 0.717) is 37.3 Å². The van der Waals surface area contributed by atoms with E-state index in [1.807, 2.05) is 17.7 Å². The molecule has 58 heavy (non-hydrogen) atoms. The summed E-state index contributed by atoms with van der Waals surface area (Å²) in [6, 6.07) is 4.37. The van der Waals surface area contributed by atoms with Gasteiger partial charge in [-0.2, -0.15) is 0 Å². The van der Waals surface area contributed by atoms with Crippen LogP contribution >= 0.6 is 0 Å². The molecule has 2 aromatic rings. The molecular formula is C40H58F3N5O9S. The van der Waals surface area contributed by atoms with Crippen LogP contribution in [0.2, 0.25) is 0 Å². The fourth-order valence-electron chi connectivity index (χ4n) is 7.74. The standard InChI is InChI=1S/C40H52F3N5O9S.3H2/c1-23-9-7-8-10-26-20-40(26,35(51)47-58(53,54)39(22-41)14-15-39)46-32(49)30-19-28(56-33-29-12-11-27(55-6)18-25(29)13-16-44-33)21-48(30)34(50)31(24(2)17-23)45-36(52)57-37(3,4)38(5,42)43;;;/h8,10-13,16,18,23-24,26,28,30-31H,7,9,14-15,17,19-22H2,1-6H3,(H,45,52)(H,46,49)(H,47,51);3*1H/b10-8-;;;/t23-,24-,26-,28-,30+,31+,40-;;;/m1.../s1. The molecule has 3 heterocycles. The summed E-state index contributed by atoms with van der Waals surface area (Å²) in [6.07, 6.45) is 4.63. The zero-order chi connectivity index (χ0) is 42.4. The molecule has 18 heteroatoms. The van der Waals surface area contributed by atoms with E-state index in [0.717, 1.165) is 19.2 Å². The molecule has 3 N–H and O–H groups in total. The number of alkyl carbamates (subject to hydrolysis) is 1. The Morgan fingerprint density at radius 1 is 1.12 bits per heavy atom. The van der Waals surface area contributed by atoms with Crippen LogP contribution in [0.3, 0.4) is 0 Å². The van der Waals surface area contributed by atoms with Gasteiger partial charge in [-0.25, -0.2) is 31.4 Å². The number of sulfonamides is 1. The molecule has 14 nitrogen and oxygen atoms in total. The van der Waals surface area contributed by atoms with E-state index < -0.39 is 92.3 Å². The summed E-state index contributed by atoms with van der Waals surface area (Å²) in [7, 11) is -2.90. The molecular weight excluding hydrogens is 784 g/mol. The lowest BCUT2D eigenvalue weighted by Gasteiger charge is -2.35. The van der Waals surface area contributed by atoms with Crippen LogP contribution in [0.4, 0.5) is 18.0 Å². The van der Waals surface area contributed by atoms with Crippen LogP contribution in [0, 0.1) is 17.8 Å². The van der Waals surface area contributed by atoms with E-state index in [1.54, 1.807) is 37.3 Å². The number of ether oxygens (including phenoxy) is 3. The lowest BCUT2D eigenvalue weighted by Crippen LogP contribution is -2.60. The van der Waals surface area contributed by atoms with Crippen LogP contribution in [0.1, 0.15) is 83.8 Å². The predicted molar refractivity (Wildman–Crippen MR) is 213 cm³/mol. The van der Waals surface area contributed by atoms with Gasteiger partial charge in [-0.05, 0) is 93.9 Å². The van der Waals surface area contributed by atoms with Gasteiger partial charge < -0.3 is 29.7 Å². The van der Waals surface area contributed by atoms with Gasteiger partial charge in [0.1, 0.15) is 40.9 Å². The van der Waals surface area contributed by atoms with Gasteiger partial charge in [-0.3, -0.25) is 19.1 Å². The van der Waals surface area contributed by atoms with E-state index in [1.165, 1.54) is 18.2 Å². The Morgan fingerprint density at radius 3 is 2.50 bits per heavy atom. The van der Waals surface area contributed by atoms with Crippen molar-refractivity contribution in [2.45, 2.75) is 120 Å². The van der Waals surface area contributed by atoms with Crippen molar-refractivity contribution in [3.05, 3.63) is 42.6 Å². The van der Waals surface area contributed by atoms with Crippen LogP contribution in [-0.4, -0.2) is 102 Å². The van der Waals surface area contributed by atoms with Crippen molar-refractivity contribution in [3.8, 4) is 11.6 Å². The van der Waals surface area contributed by atoms with Crippen molar-refractivity contribution in [2.75, 3.05) is 20.3 Å². The third kappa shape index (κ3) is 8.57. The number of hydrogen-bond acceptors (Lipinski definition) is 10. The first kappa shape index (κ1) is 43.0. The summed E-state index contributed by atoms with van der Waals surface area (Å²) in [6.45, 7) is 5.05. The van der Waals surface area contributed by atoms with Gasteiger partial charge in [0.05, 0.1) is 13.7 Å². The SMILES string of the molecule is COc1ccc2c(O[C@@H]3C[C@H]4C(=O)N[C@]5(C(=O)NS(=O)(=O)C6(CF)CC6)C[C@H]5/C=C\CC[C@@H](C)C[C@@H](C)[C@H](NC(=O)OC(C)(C)C(C)(F)F)C(=O)N4C3)nccc2c1.[HH].[HH].[HH]. The molecule has 2 saturated carbocycles. The third-order valence-corrected chi connectivity index (χ3v) is 14.3. The molecule has 6 rings (SSSR count). The normalized spacial score (nSPS) is 29.4. The summed E-state index contributed by atoms with van der Waals surface area (Å²) in [5, 5.41) is 6.64. The summed E-state index contributed by atoms with van der Waals surface area (Å²) >= 11 is 0. The van der Waals surface area contributed by atoms with Crippen LogP contribution in [0.5, 0.6) is 11.6 Å². The number of amides is 4. The predicted octanol–water partition coefficient (Wildman–Crippen LogP) is 5.69. The molecule has 1 saturated heterocycles. The maximum atomic E-state index is 14.8. The Morgan fingerprint density at radius 2 is 1.84 bits per heavy atom. The highest BCUT2D eigenvalue weighted by Crippen LogP contribution is 2.48. The van der Waals surface area contributed by atoms with Gasteiger partial charge in [-0.15, -0.1) is 0 Å². The fourth-order valence-corrected chi connectivity index (χ4v) is 9.16. The Labute approximate surface area is 340 Å². The number of halogens is 3. The van der Waals surface area contributed by atoms with Crippen molar-refractivity contribution in [1.29, 1.82) is 0 Å². The number of allylic oxidation sites excluding steroid dienone is 1. The van der Waals surface area contributed by atoms with Crippen molar-refractivity contribution in [1.82, 2.24) is 25.2 Å². The Bertz CT molecular complexity index is 2090. The average Bonchev–Trinajstić information content (AvgIpc) is 4.05. The Hall–Kier alpha value is -4.61. The molecule has 4 amide bonds. The smallest absolute Gasteiger partial charge is 0.408 e. The molecule has 2 aliphatic carbocycles. The molecule has 0 bridgehead atoms. The number of alkyl halides is 3. The number of hydrogen-bond donors (Lipinski definition) is 3. The number of carbonyl (C=O) groups is 4. The minimum atomic E-state index is -4.44. The van der Waals surface area contributed by atoms with Crippen LogP contribution in [0.25, 0.3) is 10.8 Å². The van der Waals surface area contributed by atoms with Crippen molar-refractivity contribution in [2.24, 2.45) is 17.8 Å². The number of nitrogens with zero attached hydrogens (tertiary/aromatic N) is 2. The third-order valence-electron chi connectivity index (χ3n) is 12.2. The van der Waals surface area contributed by atoms with Gasteiger partial charge in [-0.1, -0.05) is 26.0 Å². The molecule has 1 aromatic carbocycles. The molecule has 2 aliphatic heterocycles. The lowest BCUT2D eigenvalue weighted by molar-refractivity contribution is -0.152. The second kappa shape index (κ2) is 15.9. The first-order chi connectivity index (χ1) is 27.2. The summed E-state index contributed by atoms with van der Waals surface area (Å²) in [5.74, 6) is -6.35. The van der Waals surface area contributed by atoms with Crippen LogP contribution < -0.4 is 24.8 Å². The maximum absolute atomic E-state index is 14.8. The highest BCUT2D eigenvalue weighted by molar-refractivity contribution is 7.91. The number of methoxy groups -OCH3 is 1.